The van der Waals surface area contributed by atoms with Gasteiger partial charge in [-0.2, -0.15) is 13.2 Å². The zero-order chi connectivity index (χ0) is 20.6. The van der Waals surface area contributed by atoms with Crippen LogP contribution < -0.4 is 5.32 Å². The standard InChI is InChI=1S/C19H22F3N3O2S/c1-10(2)16(26)23-12-5-4-8-25(9-12)18(27)15-11(3)13-6-7-14(19(20,21)22)24-17(13)28-15/h6-7,10,12H,4-5,8-9H2,1-3H3,(H,23,26). The number of carbonyl (C=O) groups excluding carboxylic acids is 2. The molecule has 28 heavy (non-hydrogen) atoms. The third-order valence-electron chi connectivity index (χ3n) is 4.87. The maximum absolute atomic E-state index is 13.0. The molecule has 3 heterocycles. The lowest BCUT2D eigenvalue weighted by Crippen LogP contribution is -2.50. The molecule has 152 valence electrons. The summed E-state index contributed by atoms with van der Waals surface area (Å²) in [4.78, 5) is 30.9. The number of thiophene rings is 1. The van der Waals surface area contributed by atoms with Crippen molar-refractivity contribution in [1.82, 2.24) is 15.2 Å². The fourth-order valence-electron chi connectivity index (χ4n) is 3.25. The molecule has 1 saturated heterocycles. The Hall–Kier alpha value is -2.16. The molecule has 0 bridgehead atoms. The summed E-state index contributed by atoms with van der Waals surface area (Å²) in [7, 11) is 0. The van der Waals surface area contributed by atoms with Crippen LogP contribution in [0.1, 0.15) is 47.6 Å². The molecule has 1 aliphatic heterocycles. The Morgan fingerprint density at radius 3 is 2.68 bits per heavy atom. The predicted octanol–water partition coefficient (Wildman–Crippen LogP) is 4.00. The van der Waals surface area contributed by atoms with Crippen LogP contribution in [0.5, 0.6) is 0 Å². The number of piperidine rings is 1. The molecule has 0 radical (unpaired) electrons. The van der Waals surface area contributed by atoms with E-state index in [0.717, 1.165) is 30.2 Å². The average Bonchev–Trinajstić information content (AvgIpc) is 2.96. The summed E-state index contributed by atoms with van der Waals surface area (Å²) in [5, 5.41) is 3.51. The molecule has 0 aromatic carbocycles. The number of carbonyl (C=O) groups is 2. The Morgan fingerprint density at radius 2 is 2.04 bits per heavy atom. The van der Waals surface area contributed by atoms with Gasteiger partial charge in [-0.1, -0.05) is 13.8 Å². The average molecular weight is 413 g/mol. The number of halogens is 3. The topological polar surface area (TPSA) is 62.3 Å². The minimum absolute atomic E-state index is 0.0544. The van der Waals surface area contributed by atoms with Gasteiger partial charge >= 0.3 is 6.18 Å². The smallest absolute Gasteiger partial charge is 0.351 e. The Kier molecular flexibility index (Phi) is 5.65. The molecule has 0 saturated carbocycles. The second-order valence-electron chi connectivity index (χ2n) is 7.36. The van der Waals surface area contributed by atoms with Gasteiger partial charge in [-0.25, -0.2) is 4.98 Å². The molecule has 1 aliphatic rings. The van der Waals surface area contributed by atoms with E-state index < -0.39 is 11.9 Å². The van der Waals surface area contributed by atoms with Crippen LogP contribution in [-0.4, -0.2) is 40.8 Å². The maximum atomic E-state index is 13.0. The van der Waals surface area contributed by atoms with Crippen LogP contribution in [0.15, 0.2) is 12.1 Å². The Labute approximate surface area is 164 Å². The quantitative estimate of drug-likeness (QED) is 0.827. The monoisotopic (exact) mass is 413 g/mol. The minimum Gasteiger partial charge on any atom is -0.351 e. The molecule has 1 N–H and O–H groups in total. The molecule has 0 spiro atoms. The first-order chi connectivity index (χ1) is 13.1. The number of alkyl halides is 3. The number of nitrogens with zero attached hydrogens (tertiary/aromatic N) is 2. The molecule has 2 aromatic heterocycles. The Balaban J connectivity index is 1.82. The number of hydrogen-bond donors (Lipinski definition) is 1. The number of nitrogens with one attached hydrogen (secondary N) is 1. The van der Waals surface area contributed by atoms with Gasteiger partial charge in [0.2, 0.25) is 5.91 Å². The van der Waals surface area contributed by atoms with Gasteiger partial charge < -0.3 is 10.2 Å². The van der Waals surface area contributed by atoms with Crippen molar-refractivity contribution in [3.63, 3.8) is 0 Å². The van der Waals surface area contributed by atoms with Crippen molar-refractivity contribution in [2.24, 2.45) is 5.92 Å². The van der Waals surface area contributed by atoms with Crippen LogP contribution in [0, 0.1) is 12.8 Å². The van der Waals surface area contributed by atoms with Gasteiger partial charge in [0, 0.05) is 30.4 Å². The van der Waals surface area contributed by atoms with E-state index in [0.29, 0.717) is 28.9 Å². The minimum atomic E-state index is -4.52. The number of aromatic nitrogens is 1. The number of pyridine rings is 1. The Morgan fingerprint density at radius 1 is 1.32 bits per heavy atom. The highest BCUT2D eigenvalue weighted by atomic mass is 32.1. The summed E-state index contributed by atoms with van der Waals surface area (Å²) >= 11 is 0.986. The van der Waals surface area contributed by atoms with Crippen molar-refractivity contribution >= 4 is 33.4 Å². The summed E-state index contributed by atoms with van der Waals surface area (Å²) in [6.45, 7) is 6.30. The van der Waals surface area contributed by atoms with Gasteiger partial charge in [-0.15, -0.1) is 11.3 Å². The van der Waals surface area contributed by atoms with Crippen molar-refractivity contribution in [2.45, 2.75) is 45.8 Å². The highest BCUT2D eigenvalue weighted by molar-refractivity contribution is 7.20. The van der Waals surface area contributed by atoms with E-state index in [2.05, 4.69) is 10.3 Å². The number of amides is 2. The van der Waals surface area contributed by atoms with E-state index in [9.17, 15) is 22.8 Å². The number of fused-ring (bicyclic) bond motifs is 1. The summed E-state index contributed by atoms with van der Waals surface area (Å²) in [6.07, 6.45) is -2.97. The number of hydrogen-bond acceptors (Lipinski definition) is 4. The normalized spacial score (nSPS) is 18.0. The molecular weight excluding hydrogens is 391 g/mol. The molecular formula is C19H22F3N3O2S. The van der Waals surface area contributed by atoms with Crippen LogP contribution in [-0.2, 0) is 11.0 Å². The van der Waals surface area contributed by atoms with E-state index in [1.807, 2.05) is 13.8 Å². The molecule has 2 amide bonds. The molecule has 3 rings (SSSR count). The third kappa shape index (κ3) is 4.14. The summed E-state index contributed by atoms with van der Waals surface area (Å²) < 4.78 is 38.7. The SMILES string of the molecule is Cc1c(C(=O)N2CCCC(NC(=O)C(C)C)C2)sc2nc(C(F)(F)F)ccc12. The lowest BCUT2D eigenvalue weighted by molar-refractivity contribution is -0.141. The molecule has 1 unspecified atom stereocenters. The van der Waals surface area contributed by atoms with E-state index in [4.69, 9.17) is 0 Å². The van der Waals surface area contributed by atoms with Gasteiger partial charge in [-0.3, -0.25) is 9.59 Å². The first-order valence-electron chi connectivity index (χ1n) is 9.15. The number of rotatable bonds is 3. The maximum Gasteiger partial charge on any atom is 0.433 e. The molecule has 5 nitrogen and oxygen atoms in total. The molecule has 1 fully saturated rings. The lowest BCUT2D eigenvalue weighted by Gasteiger charge is -2.33. The van der Waals surface area contributed by atoms with Crippen LogP contribution in [0.3, 0.4) is 0 Å². The van der Waals surface area contributed by atoms with Crippen molar-refractivity contribution in [3.05, 3.63) is 28.3 Å². The number of likely N-dealkylation sites (tertiary alicyclic amines) is 1. The first kappa shape index (κ1) is 20.6. The van der Waals surface area contributed by atoms with E-state index >= 15 is 0 Å². The van der Waals surface area contributed by atoms with E-state index in [1.54, 1.807) is 11.8 Å². The summed E-state index contributed by atoms with van der Waals surface area (Å²) in [5.41, 5.74) is -0.325. The summed E-state index contributed by atoms with van der Waals surface area (Å²) in [5.74, 6) is -0.413. The van der Waals surface area contributed by atoms with Crippen molar-refractivity contribution in [1.29, 1.82) is 0 Å². The van der Waals surface area contributed by atoms with Gasteiger partial charge in [0.15, 0.2) is 0 Å². The Bertz CT molecular complexity index is 908. The third-order valence-corrected chi connectivity index (χ3v) is 6.06. The largest absolute Gasteiger partial charge is 0.433 e. The number of aryl methyl sites for hydroxylation is 1. The van der Waals surface area contributed by atoms with Crippen molar-refractivity contribution in [2.75, 3.05) is 13.1 Å². The fourth-order valence-corrected chi connectivity index (χ4v) is 4.40. The van der Waals surface area contributed by atoms with Crippen LogP contribution in [0.4, 0.5) is 13.2 Å². The fraction of sp³-hybridized carbons (Fsp3) is 0.526. The van der Waals surface area contributed by atoms with Crippen LogP contribution >= 0.6 is 11.3 Å². The zero-order valence-corrected chi connectivity index (χ0v) is 16.7. The second-order valence-corrected chi connectivity index (χ2v) is 8.36. The van der Waals surface area contributed by atoms with Gasteiger partial charge in [0.05, 0.1) is 4.88 Å². The van der Waals surface area contributed by atoms with E-state index in [1.165, 1.54) is 6.07 Å². The van der Waals surface area contributed by atoms with Crippen molar-refractivity contribution < 1.29 is 22.8 Å². The van der Waals surface area contributed by atoms with Gasteiger partial charge in [0.1, 0.15) is 10.5 Å². The van der Waals surface area contributed by atoms with Gasteiger partial charge in [-0.05, 0) is 37.5 Å². The summed E-state index contributed by atoms with van der Waals surface area (Å²) in [6, 6.07) is 2.20. The van der Waals surface area contributed by atoms with Gasteiger partial charge in [0.25, 0.3) is 5.91 Å². The second kappa shape index (κ2) is 7.69. The molecule has 1 atom stereocenters. The zero-order valence-electron chi connectivity index (χ0n) is 15.9. The molecule has 9 heteroatoms. The highest BCUT2D eigenvalue weighted by Gasteiger charge is 2.33. The van der Waals surface area contributed by atoms with Crippen LogP contribution in [0.2, 0.25) is 0 Å². The molecule has 0 aliphatic carbocycles. The lowest BCUT2D eigenvalue weighted by atomic mass is 10.0. The molecule has 2 aromatic rings. The van der Waals surface area contributed by atoms with Crippen molar-refractivity contribution in [3.8, 4) is 0 Å². The first-order valence-corrected chi connectivity index (χ1v) is 9.96. The highest BCUT2D eigenvalue weighted by Crippen LogP contribution is 2.35. The van der Waals surface area contributed by atoms with E-state index in [-0.39, 0.29) is 28.6 Å². The van der Waals surface area contributed by atoms with Crippen LogP contribution in [0.25, 0.3) is 10.2 Å². The predicted molar refractivity (Wildman–Crippen MR) is 101 cm³/mol.